The third kappa shape index (κ3) is 3.44. The van der Waals surface area contributed by atoms with E-state index in [9.17, 15) is 13.2 Å². The van der Waals surface area contributed by atoms with Gasteiger partial charge < -0.3 is 14.8 Å². The van der Waals surface area contributed by atoms with Crippen LogP contribution in [0.2, 0.25) is 0 Å². The van der Waals surface area contributed by atoms with Crippen molar-refractivity contribution in [2.24, 2.45) is 0 Å². The fourth-order valence-electron chi connectivity index (χ4n) is 1.72. The Balaban J connectivity index is 1.84. The van der Waals surface area contributed by atoms with Crippen LogP contribution in [0.1, 0.15) is 5.56 Å². The van der Waals surface area contributed by atoms with E-state index in [1.54, 1.807) is 0 Å². The van der Waals surface area contributed by atoms with Crippen molar-refractivity contribution in [2.45, 2.75) is 12.6 Å². The van der Waals surface area contributed by atoms with Gasteiger partial charge in [0.25, 0.3) is 0 Å². The van der Waals surface area contributed by atoms with Crippen LogP contribution in [-0.4, -0.2) is 32.5 Å². The minimum Gasteiger partial charge on any atom is -0.376 e. The maximum absolute atomic E-state index is 13.3. The van der Waals surface area contributed by atoms with Gasteiger partial charge in [0.2, 0.25) is 0 Å². The Morgan fingerprint density at radius 3 is 2.61 bits per heavy atom. The molecule has 1 unspecified atom stereocenters. The van der Waals surface area contributed by atoms with Gasteiger partial charge in [-0.2, -0.15) is 0 Å². The summed E-state index contributed by atoms with van der Waals surface area (Å²) in [5.74, 6) is -2.99. The maximum atomic E-state index is 13.3. The van der Waals surface area contributed by atoms with Crippen LogP contribution in [0.3, 0.4) is 0 Å². The highest BCUT2D eigenvalue weighted by Crippen LogP contribution is 2.13. The van der Waals surface area contributed by atoms with Crippen LogP contribution in [0.15, 0.2) is 12.1 Å². The fraction of sp³-hybridized carbons (Fsp3) is 0.500. The van der Waals surface area contributed by atoms with Crippen LogP contribution < -0.4 is 5.32 Å². The Morgan fingerprint density at radius 1 is 1.11 bits per heavy atom. The average molecular weight is 261 g/mol. The zero-order valence-electron chi connectivity index (χ0n) is 9.72. The number of nitrogens with one attached hydrogen (secondary N) is 1. The highest BCUT2D eigenvalue weighted by atomic mass is 19.2. The molecule has 1 fully saturated rings. The van der Waals surface area contributed by atoms with E-state index in [2.05, 4.69) is 5.32 Å². The van der Waals surface area contributed by atoms with Crippen LogP contribution >= 0.6 is 0 Å². The zero-order valence-corrected chi connectivity index (χ0v) is 9.72. The lowest BCUT2D eigenvalue weighted by Gasteiger charge is -2.23. The molecule has 1 heterocycles. The molecule has 6 heteroatoms. The summed E-state index contributed by atoms with van der Waals surface area (Å²) in [7, 11) is 0. The largest absolute Gasteiger partial charge is 0.376 e. The third-order valence-electron chi connectivity index (χ3n) is 2.66. The first-order chi connectivity index (χ1) is 8.66. The summed E-state index contributed by atoms with van der Waals surface area (Å²) in [6.07, 6.45) is -0.0906. The minimum atomic E-state index is -1.18. The summed E-state index contributed by atoms with van der Waals surface area (Å²) >= 11 is 0. The van der Waals surface area contributed by atoms with Crippen molar-refractivity contribution in [3.8, 4) is 0 Å². The van der Waals surface area contributed by atoms with Gasteiger partial charge in [-0.05, 0) is 6.07 Å². The highest BCUT2D eigenvalue weighted by molar-refractivity contribution is 5.19. The zero-order chi connectivity index (χ0) is 13.0. The Kier molecular flexibility index (Phi) is 4.57. The molecule has 0 radical (unpaired) electrons. The molecule has 0 amide bonds. The van der Waals surface area contributed by atoms with Gasteiger partial charge in [0.15, 0.2) is 11.6 Å². The molecule has 0 aromatic heterocycles. The second-order valence-corrected chi connectivity index (χ2v) is 4.06. The van der Waals surface area contributed by atoms with Gasteiger partial charge in [-0.1, -0.05) is 0 Å². The first-order valence-electron chi connectivity index (χ1n) is 5.70. The fourth-order valence-corrected chi connectivity index (χ4v) is 1.72. The van der Waals surface area contributed by atoms with E-state index in [1.165, 1.54) is 0 Å². The van der Waals surface area contributed by atoms with Crippen LogP contribution in [-0.2, 0) is 16.0 Å². The molecule has 3 nitrogen and oxygen atoms in total. The monoisotopic (exact) mass is 261 g/mol. The third-order valence-corrected chi connectivity index (χ3v) is 2.66. The lowest BCUT2D eigenvalue weighted by Crippen LogP contribution is -2.37. The Labute approximate surface area is 103 Å². The van der Waals surface area contributed by atoms with Crippen molar-refractivity contribution in [1.29, 1.82) is 0 Å². The quantitative estimate of drug-likeness (QED) is 0.835. The van der Waals surface area contributed by atoms with Crippen molar-refractivity contribution >= 4 is 0 Å². The highest BCUT2D eigenvalue weighted by Gasteiger charge is 2.14. The molecule has 2 rings (SSSR count). The molecule has 1 N–H and O–H groups in total. The van der Waals surface area contributed by atoms with E-state index in [1.807, 2.05) is 0 Å². The lowest BCUT2D eigenvalue weighted by atomic mass is 10.2. The molecule has 0 aliphatic carbocycles. The normalized spacial score (nSPS) is 20.1. The van der Waals surface area contributed by atoms with Crippen LogP contribution in [0.5, 0.6) is 0 Å². The Hall–Kier alpha value is -1.11. The molecule has 1 aliphatic heterocycles. The van der Waals surface area contributed by atoms with Crippen molar-refractivity contribution in [3.05, 3.63) is 35.1 Å². The minimum absolute atomic E-state index is 0.0885. The second kappa shape index (κ2) is 6.17. The van der Waals surface area contributed by atoms with E-state index >= 15 is 0 Å². The lowest BCUT2D eigenvalue weighted by molar-refractivity contribution is -0.0864. The molecule has 1 aliphatic rings. The smallest absolute Gasteiger partial charge is 0.161 e. The van der Waals surface area contributed by atoms with Crippen molar-refractivity contribution in [1.82, 2.24) is 5.32 Å². The Morgan fingerprint density at radius 2 is 1.89 bits per heavy atom. The first kappa shape index (κ1) is 13.3. The summed E-state index contributed by atoms with van der Waals surface area (Å²) in [5, 5.41) is 2.92. The molecular weight excluding hydrogens is 247 g/mol. The number of ether oxygens (including phenoxy) is 2. The van der Waals surface area contributed by atoms with E-state index in [0.29, 0.717) is 32.4 Å². The van der Waals surface area contributed by atoms with Gasteiger partial charge in [0.1, 0.15) is 5.82 Å². The number of halogens is 3. The van der Waals surface area contributed by atoms with Gasteiger partial charge in [-0.3, -0.25) is 0 Å². The van der Waals surface area contributed by atoms with Gasteiger partial charge in [-0.15, -0.1) is 0 Å². The van der Waals surface area contributed by atoms with E-state index in [-0.39, 0.29) is 18.2 Å². The van der Waals surface area contributed by atoms with E-state index in [0.717, 1.165) is 6.07 Å². The molecule has 0 bridgehead atoms. The van der Waals surface area contributed by atoms with Crippen molar-refractivity contribution in [3.63, 3.8) is 0 Å². The molecule has 1 saturated heterocycles. The molecule has 100 valence electrons. The maximum Gasteiger partial charge on any atom is 0.161 e. The Bertz CT molecular complexity index is 409. The number of rotatable bonds is 4. The van der Waals surface area contributed by atoms with E-state index in [4.69, 9.17) is 9.47 Å². The molecule has 0 saturated carbocycles. The van der Waals surface area contributed by atoms with Crippen LogP contribution in [0.4, 0.5) is 13.2 Å². The average Bonchev–Trinajstić information content (AvgIpc) is 2.37. The molecule has 0 spiro atoms. The van der Waals surface area contributed by atoms with Gasteiger partial charge in [-0.25, -0.2) is 13.2 Å². The number of benzene rings is 1. The molecule has 1 aromatic rings. The SMILES string of the molecule is Fc1cc(F)c(CNCC2COCCO2)cc1F. The predicted molar refractivity (Wildman–Crippen MR) is 58.6 cm³/mol. The number of hydrogen-bond donors (Lipinski definition) is 1. The van der Waals surface area contributed by atoms with E-state index < -0.39 is 17.5 Å². The topological polar surface area (TPSA) is 30.5 Å². The standard InChI is InChI=1S/C12H14F3NO2/c13-10-4-12(15)11(14)3-8(10)5-16-6-9-7-17-1-2-18-9/h3-4,9,16H,1-2,5-7H2. The van der Waals surface area contributed by atoms with Gasteiger partial charge >= 0.3 is 0 Å². The molecule has 1 atom stereocenters. The predicted octanol–water partition coefficient (Wildman–Crippen LogP) is 1.61. The van der Waals surface area contributed by atoms with Crippen molar-refractivity contribution in [2.75, 3.05) is 26.4 Å². The van der Waals surface area contributed by atoms with Gasteiger partial charge in [0.05, 0.1) is 25.9 Å². The molecule has 1 aromatic carbocycles. The first-order valence-corrected chi connectivity index (χ1v) is 5.70. The summed E-state index contributed by atoms with van der Waals surface area (Å²) < 4.78 is 49.5. The van der Waals surface area contributed by atoms with Crippen molar-refractivity contribution < 1.29 is 22.6 Å². The van der Waals surface area contributed by atoms with Gasteiger partial charge in [0, 0.05) is 24.7 Å². The second-order valence-electron chi connectivity index (χ2n) is 4.06. The van der Waals surface area contributed by atoms with Crippen LogP contribution in [0.25, 0.3) is 0 Å². The summed E-state index contributed by atoms with van der Waals surface area (Å²) in [4.78, 5) is 0. The molecular formula is C12H14F3NO2. The number of hydrogen-bond acceptors (Lipinski definition) is 3. The summed E-state index contributed by atoms with van der Waals surface area (Å²) in [6.45, 7) is 2.18. The van der Waals surface area contributed by atoms with Crippen LogP contribution in [0, 0.1) is 17.5 Å². The molecule has 18 heavy (non-hydrogen) atoms. The summed E-state index contributed by atoms with van der Waals surface area (Å²) in [5.41, 5.74) is 0.0885. The summed E-state index contributed by atoms with van der Waals surface area (Å²) in [6, 6.07) is 1.41.